The summed E-state index contributed by atoms with van der Waals surface area (Å²) in [5.41, 5.74) is 0.865. The summed E-state index contributed by atoms with van der Waals surface area (Å²) < 4.78 is 41.3. The molecule has 0 unspecified atom stereocenters. The molecule has 1 aliphatic heterocycles. The smallest absolute Gasteiger partial charge is 0.252 e. The predicted molar refractivity (Wildman–Crippen MR) is 134 cm³/mol. The minimum Gasteiger partial charge on any atom is -0.493 e. The molecule has 8 nitrogen and oxygen atoms in total. The molecule has 0 saturated carbocycles. The molecule has 3 aromatic rings. The van der Waals surface area contributed by atoms with E-state index in [2.05, 4.69) is 11.6 Å². The van der Waals surface area contributed by atoms with Crippen LogP contribution in [0.15, 0.2) is 46.1 Å². The van der Waals surface area contributed by atoms with E-state index >= 15 is 0 Å². The Bertz CT molecular complexity index is 1400. The molecule has 34 heavy (non-hydrogen) atoms. The number of rotatable bonds is 7. The Morgan fingerprint density at radius 2 is 1.88 bits per heavy atom. The summed E-state index contributed by atoms with van der Waals surface area (Å²) >= 11 is 8.32. The van der Waals surface area contributed by atoms with Crippen molar-refractivity contribution in [3.05, 3.63) is 46.1 Å². The number of piperidine rings is 1. The molecule has 182 valence electrons. The maximum Gasteiger partial charge on any atom is 0.252 e. The van der Waals surface area contributed by atoms with Crippen molar-refractivity contribution in [2.45, 2.75) is 23.6 Å². The average Bonchev–Trinajstić information content (AvgIpc) is 3.42. The molecule has 12 heteroatoms. The Hall–Kier alpha value is -2.18. The molecule has 0 atom stereocenters. The number of allylic oxidation sites excluding steroid dienone is 1. The summed E-state index contributed by atoms with van der Waals surface area (Å²) in [4.78, 5) is 18.0. The Labute approximate surface area is 210 Å². The second-order valence-corrected chi connectivity index (χ2v) is 12.5. The van der Waals surface area contributed by atoms with Crippen LogP contribution in [0.1, 0.15) is 12.8 Å². The van der Waals surface area contributed by atoms with Crippen LogP contribution in [-0.2, 0) is 21.4 Å². The van der Waals surface area contributed by atoms with Gasteiger partial charge in [-0.15, -0.1) is 17.9 Å². The predicted octanol–water partition coefficient (Wildman–Crippen LogP) is 4.15. The number of thiophene rings is 1. The maximum atomic E-state index is 13.0. The number of thiazole rings is 1. The van der Waals surface area contributed by atoms with Crippen LogP contribution in [0.5, 0.6) is 11.5 Å². The first kappa shape index (κ1) is 24.9. The van der Waals surface area contributed by atoms with Gasteiger partial charge in [-0.1, -0.05) is 29.0 Å². The van der Waals surface area contributed by atoms with Crippen molar-refractivity contribution in [3.63, 3.8) is 0 Å². The number of amides is 1. The Morgan fingerprint density at radius 3 is 2.47 bits per heavy atom. The van der Waals surface area contributed by atoms with E-state index in [0.717, 1.165) is 21.6 Å². The number of carbonyl (C=O) groups excluding carboxylic acids is 1. The van der Waals surface area contributed by atoms with E-state index in [0.29, 0.717) is 40.0 Å². The zero-order valence-electron chi connectivity index (χ0n) is 18.7. The molecule has 1 amide bonds. The lowest BCUT2D eigenvalue weighted by molar-refractivity contribution is -0.122. The van der Waals surface area contributed by atoms with Gasteiger partial charge in [0.1, 0.15) is 4.21 Å². The van der Waals surface area contributed by atoms with Crippen LogP contribution in [0.4, 0.5) is 0 Å². The number of halogens is 1. The molecule has 1 fully saturated rings. The molecule has 4 rings (SSSR count). The van der Waals surface area contributed by atoms with Crippen molar-refractivity contribution in [2.75, 3.05) is 27.3 Å². The van der Waals surface area contributed by atoms with E-state index in [1.807, 2.05) is 16.7 Å². The summed E-state index contributed by atoms with van der Waals surface area (Å²) in [6.07, 6.45) is 2.57. The van der Waals surface area contributed by atoms with Gasteiger partial charge >= 0.3 is 0 Å². The molecule has 0 aliphatic carbocycles. The third-order valence-corrected chi connectivity index (χ3v) is 10.3. The van der Waals surface area contributed by atoms with Crippen molar-refractivity contribution in [2.24, 2.45) is 10.9 Å². The number of nitrogens with zero attached hydrogens (tertiary/aromatic N) is 3. The van der Waals surface area contributed by atoms with Gasteiger partial charge in [-0.25, -0.2) is 8.42 Å². The number of hydrogen-bond acceptors (Lipinski definition) is 7. The number of ether oxygens (including phenoxy) is 2. The van der Waals surface area contributed by atoms with Gasteiger partial charge in [0.05, 0.1) is 28.8 Å². The number of benzene rings is 1. The standard InChI is InChI=1S/C22H24ClN3O5S3/c1-4-9-26-15-12-16(30-2)17(31-3)13-18(15)32-22(26)24-21(27)14-7-10-25(11-8-14)34(28,29)20-6-5-19(23)33-20/h4-6,12-14H,1,7-11H2,2-3H3. The van der Waals surface area contributed by atoms with Gasteiger partial charge in [0.15, 0.2) is 16.3 Å². The van der Waals surface area contributed by atoms with E-state index in [1.165, 1.54) is 21.7 Å². The molecule has 0 N–H and O–H groups in total. The topological polar surface area (TPSA) is 90.2 Å². The minimum atomic E-state index is -3.61. The molecule has 0 spiro atoms. The van der Waals surface area contributed by atoms with E-state index in [9.17, 15) is 13.2 Å². The summed E-state index contributed by atoms with van der Waals surface area (Å²) in [5, 5.41) is 0. The molecule has 1 saturated heterocycles. The number of hydrogen-bond donors (Lipinski definition) is 0. The number of sulfonamides is 1. The number of methoxy groups -OCH3 is 2. The average molecular weight is 542 g/mol. The van der Waals surface area contributed by atoms with Gasteiger partial charge < -0.3 is 14.0 Å². The monoisotopic (exact) mass is 541 g/mol. The van der Waals surface area contributed by atoms with Crippen LogP contribution in [0.3, 0.4) is 0 Å². The van der Waals surface area contributed by atoms with Gasteiger partial charge in [0.25, 0.3) is 15.9 Å². The highest BCUT2D eigenvalue weighted by molar-refractivity contribution is 7.91. The first-order valence-corrected chi connectivity index (χ1v) is 13.9. The lowest BCUT2D eigenvalue weighted by Gasteiger charge is -2.29. The second kappa shape index (κ2) is 10.2. The van der Waals surface area contributed by atoms with Gasteiger partial charge in [0, 0.05) is 37.7 Å². The fourth-order valence-electron chi connectivity index (χ4n) is 3.88. The first-order chi connectivity index (χ1) is 16.3. The SMILES string of the molecule is C=CCn1c(=NC(=O)C2CCN(S(=O)(=O)c3ccc(Cl)s3)CC2)sc2cc(OC)c(OC)cc21. The summed E-state index contributed by atoms with van der Waals surface area (Å²) in [5.74, 6) is 0.592. The lowest BCUT2D eigenvalue weighted by atomic mass is 9.98. The van der Waals surface area contributed by atoms with Crippen LogP contribution in [0.25, 0.3) is 10.2 Å². The van der Waals surface area contributed by atoms with Gasteiger partial charge in [-0.3, -0.25) is 4.79 Å². The molecule has 0 bridgehead atoms. The van der Waals surface area contributed by atoms with Crippen LogP contribution < -0.4 is 14.3 Å². The summed E-state index contributed by atoms with van der Waals surface area (Å²) in [7, 11) is -0.461. The van der Waals surface area contributed by atoms with Crippen molar-refractivity contribution < 1.29 is 22.7 Å². The second-order valence-electron chi connectivity index (χ2n) is 7.65. The van der Waals surface area contributed by atoms with Crippen LogP contribution in [0, 0.1) is 5.92 Å². The Balaban J connectivity index is 1.58. The molecular formula is C22H24ClN3O5S3. The minimum absolute atomic E-state index is 0.216. The molecular weight excluding hydrogens is 518 g/mol. The Morgan fingerprint density at radius 1 is 1.21 bits per heavy atom. The largest absolute Gasteiger partial charge is 0.493 e. The van der Waals surface area contributed by atoms with Crippen LogP contribution in [-0.4, -0.2) is 50.5 Å². The van der Waals surface area contributed by atoms with Crippen molar-refractivity contribution in [3.8, 4) is 11.5 Å². The molecule has 1 aromatic carbocycles. The molecule has 0 radical (unpaired) electrons. The van der Waals surface area contributed by atoms with Crippen molar-refractivity contribution in [1.29, 1.82) is 0 Å². The number of aromatic nitrogens is 1. The summed E-state index contributed by atoms with van der Waals surface area (Å²) in [6, 6.07) is 6.81. The van der Waals surface area contributed by atoms with E-state index < -0.39 is 10.0 Å². The number of fused-ring (bicyclic) bond motifs is 1. The van der Waals surface area contributed by atoms with Crippen LogP contribution >= 0.6 is 34.3 Å². The van der Waals surface area contributed by atoms with E-state index in [-0.39, 0.29) is 29.1 Å². The summed E-state index contributed by atoms with van der Waals surface area (Å²) in [6.45, 7) is 4.81. The van der Waals surface area contributed by atoms with Crippen LogP contribution in [0.2, 0.25) is 4.34 Å². The van der Waals surface area contributed by atoms with Gasteiger partial charge in [-0.2, -0.15) is 9.30 Å². The van der Waals surface area contributed by atoms with E-state index in [4.69, 9.17) is 21.1 Å². The zero-order valence-corrected chi connectivity index (χ0v) is 21.9. The molecule has 3 heterocycles. The van der Waals surface area contributed by atoms with Crippen molar-refractivity contribution >= 4 is 60.4 Å². The van der Waals surface area contributed by atoms with E-state index in [1.54, 1.807) is 26.4 Å². The fourth-order valence-corrected chi connectivity index (χ4v) is 8.04. The normalized spacial score (nSPS) is 16.1. The third kappa shape index (κ3) is 4.80. The van der Waals surface area contributed by atoms with Crippen molar-refractivity contribution in [1.82, 2.24) is 8.87 Å². The van der Waals surface area contributed by atoms with Gasteiger partial charge in [-0.05, 0) is 25.0 Å². The number of carbonyl (C=O) groups is 1. The van der Waals surface area contributed by atoms with Gasteiger partial charge in [0.2, 0.25) is 0 Å². The molecule has 2 aromatic heterocycles. The highest BCUT2D eigenvalue weighted by Gasteiger charge is 2.33. The Kier molecular flexibility index (Phi) is 7.48. The first-order valence-electron chi connectivity index (χ1n) is 10.5. The zero-order chi connectivity index (χ0) is 24.5. The maximum absolute atomic E-state index is 13.0. The fraction of sp³-hybridized carbons (Fsp3) is 0.364. The molecule has 1 aliphatic rings. The lowest BCUT2D eigenvalue weighted by Crippen LogP contribution is -2.40. The quantitative estimate of drug-likeness (QED) is 0.419. The third-order valence-electron chi connectivity index (χ3n) is 5.65. The highest BCUT2D eigenvalue weighted by Crippen LogP contribution is 2.34. The highest BCUT2D eigenvalue weighted by atomic mass is 35.5.